The van der Waals surface area contributed by atoms with E-state index in [4.69, 9.17) is 13.9 Å². The van der Waals surface area contributed by atoms with Crippen molar-refractivity contribution in [1.82, 2.24) is 5.32 Å². The summed E-state index contributed by atoms with van der Waals surface area (Å²) >= 11 is 0. The lowest BCUT2D eigenvalue weighted by molar-refractivity contribution is 0.0938. The van der Waals surface area contributed by atoms with Crippen molar-refractivity contribution in [1.29, 1.82) is 0 Å². The lowest BCUT2D eigenvalue weighted by Gasteiger charge is -2.16. The molecule has 1 amide bonds. The van der Waals surface area contributed by atoms with Crippen molar-refractivity contribution in [3.05, 3.63) is 68.6 Å². The number of aryl methyl sites for hydroxylation is 2. The fourth-order valence-corrected chi connectivity index (χ4v) is 3.80. The van der Waals surface area contributed by atoms with Gasteiger partial charge in [-0.25, -0.2) is 0 Å². The Kier molecular flexibility index (Phi) is 5.48. The summed E-state index contributed by atoms with van der Waals surface area (Å²) in [5.41, 5.74) is 3.29. The zero-order valence-electron chi connectivity index (χ0n) is 18.5. The second-order valence-corrected chi connectivity index (χ2v) is 8.45. The summed E-state index contributed by atoms with van der Waals surface area (Å²) in [4.78, 5) is 26.0. The van der Waals surface area contributed by atoms with Gasteiger partial charge < -0.3 is 19.2 Å². The van der Waals surface area contributed by atoms with Gasteiger partial charge in [0.2, 0.25) is 5.76 Å². The van der Waals surface area contributed by atoms with Gasteiger partial charge in [-0.3, -0.25) is 9.59 Å². The second kappa shape index (κ2) is 8.10. The van der Waals surface area contributed by atoms with E-state index in [1.54, 1.807) is 19.2 Å². The molecule has 4 rings (SSSR count). The summed E-state index contributed by atoms with van der Waals surface area (Å²) in [7, 11) is 1.57. The molecule has 6 heteroatoms. The van der Waals surface area contributed by atoms with Gasteiger partial charge in [0.1, 0.15) is 5.58 Å². The van der Waals surface area contributed by atoms with Gasteiger partial charge in [-0.2, -0.15) is 0 Å². The van der Waals surface area contributed by atoms with Crippen LogP contribution in [0.25, 0.3) is 11.0 Å². The van der Waals surface area contributed by atoms with Gasteiger partial charge in [-0.05, 0) is 67.1 Å². The number of carbonyl (C=O) groups excluding carboxylic acids is 1. The van der Waals surface area contributed by atoms with Crippen LogP contribution in [0.1, 0.15) is 59.1 Å². The van der Waals surface area contributed by atoms with Crippen LogP contribution in [0.5, 0.6) is 11.5 Å². The molecule has 2 aromatic carbocycles. The number of benzene rings is 2. The predicted octanol–water partition coefficient (Wildman–Crippen LogP) is 4.68. The Balaban J connectivity index is 1.76. The quantitative estimate of drug-likeness (QED) is 0.625. The number of hydrogen-bond acceptors (Lipinski definition) is 5. The normalized spacial score (nSPS) is 15.3. The van der Waals surface area contributed by atoms with Crippen LogP contribution in [0.15, 0.2) is 39.5 Å². The molecule has 1 N–H and O–H groups in total. The van der Waals surface area contributed by atoms with Crippen LogP contribution in [0.2, 0.25) is 0 Å². The summed E-state index contributed by atoms with van der Waals surface area (Å²) in [6.45, 7) is 8.77. The summed E-state index contributed by atoms with van der Waals surface area (Å²) in [6.07, 6.45) is 0.934. The number of ether oxygens (including phenoxy) is 2. The lowest BCUT2D eigenvalue weighted by Crippen LogP contribution is -2.22. The maximum atomic E-state index is 13.3. The molecule has 0 fully saturated rings. The molecule has 2 heterocycles. The van der Waals surface area contributed by atoms with Gasteiger partial charge in [-0.15, -0.1) is 0 Å². The van der Waals surface area contributed by atoms with E-state index in [2.05, 4.69) is 19.2 Å². The van der Waals surface area contributed by atoms with Gasteiger partial charge in [0.15, 0.2) is 16.9 Å². The summed E-state index contributed by atoms with van der Waals surface area (Å²) in [6, 6.07) is 8.48. The molecule has 162 valence electrons. The van der Waals surface area contributed by atoms with E-state index in [9.17, 15) is 9.59 Å². The summed E-state index contributed by atoms with van der Waals surface area (Å²) in [5, 5.41) is 3.36. The number of nitrogens with one attached hydrogen (secondary N) is 1. The van der Waals surface area contributed by atoms with Gasteiger partial charge in [0.25, 0.3) is 5.91 Å². The fourth-order valence-electron chi connectivity index (χ4n) is 3.80. The highest BCUT2D eigenvalue weighted by atomic mass is 16.5. The number of fused-ring (bicyclic) bond motifs is 2. The molecule has 0 saturated heterocycles. The molecular weight excluding hydrogens is 394 g/mol. The SMILES string of the molecule is COc1cc(C2NC(=O)c3oc4cc(C)c(C)cc4c(=O)c32)ccc1OCCC(C)C. The molecule has 1 aliphatic heterocycles. The minimum Gasteiger partial charge on any atom is -0.493 e. The van der Waals surface area contributed by atoms with Crippen LogP contribution >= 0.6 is 0 Å². The molecule has 6 nitrogen and oxygen atoms in total. The van der Waals surface area contributed by atoms with E-state index >= 15 is 0 Å². The fraction of sp³-hybridized carbons (Fsp3) is 0.360. The minimum atomic E-state index is -0.608. The van der Waals surface area contributed by atoms with Crippen LogP contribution in [-0.4, -0.2) is 19.6 Å². The van der Waals surface area contributed by atoms with Crippen LogP contribution in [0.3, 0.4) is 0 Å². The Bertz CT molecular complexity index is 1220. The standard InChI is InChI=1S/C25H27NO5/c1-13(2)8-9-30-18-7-6-16(12-20(18)29-5)22-21-23(27)17-10-14(3)15(4)11-19(17)31-24(21)25(28)26-22/h6-7,10-13,22H,8-9H2,1-5H3,(H,26,28). The van der Waals surface area contributed by atoms with E-state index in [0.29, 0.717) is 40.6 Å². The third-order valence-electron chi connectivity index (χ3n) is 5.79. The van der Waals surface area contributed by atoms with Gasteiger partial charge in [0, 0.05) is 0 Å². The molecular formula is C25H27NO5. The van der Waals surface area contributed by atoms with Crippen LogP contribution in [0, 0.1) is 19.8 Å². The van der Waals surface area contributed by atoms with E-state index < -0.39 is 11.9 Å². The van der Waals surface area contributed by atoms with E-state index in [1.807, 2.05) is 32.0 Å². The average molecular weight is 421 g/mol. The first-order chi connectivity index (χ1) is 14.8. The van der Waals surface area contributed by atoms with E-state index in [1.165, 1.54) is 0 Å². The summed E-state index contributed by atoms with van der Waals surface area (Å²) < 4.78 is 17.2. The van der Waals surface area contributed by atoms with Crippen molar-refractivity contribution in [3.8, 4) is 11.5 Å². The van der Waals surface area contributed by atoms with Crippen LogP contribution in [0.4, 0.5) is 0 Å². The molecule has 0 aliphatic carbocycles. The number of carbonyl (C=O) groups is 1. The number of hydrogen-bond donors (Lipinski definition) is 1. The first-order valence-electron chi connectivity index (χ1n) is 10.5. The first-order valence-corrected chi connectivity index (χ1v) is 10.5. The van der Waals surface area contributed by atoms with Crippen molar-refractivity contribution < 1.29 is 18.7 Å². The van der Waals surface area contributed by atoms with Crippen molar-refractivity contribution in [3.63, 3.8) is 0 Å². The zero-order valence-corrected chi connectivity index (χ0v) is 18.5. The Morgan fingerprint density at radius 2 is 1.81 bits per heavy atom. The average Bonchev–Trinajstić information content (AvgIpc) is 3.06. The molecule has 0 saturated carbocycles. The van der Waals surface area contributed by atoms with E-state index in [0.717, 1.165) is 23.1 Å². The lowest BCUT2D eigenvalue weighted by atomic mass is 9.98. The third kappa shape index (κ3) is 3.78. The van der Waals surface area contributed by atoms with Crippen molar-refractivity contribution in [2.45, 2.75) is 40.2 Å². The Morgan fingerprint density at radius 1 is 1.06 bits per heavy atom. The Hall–Kier alpha value is -3.28. The van der Waals surface area contributed by atoms with Gasteiger partial charge in [-0.1, -0.05) is 19.9 Å². The first kappa shape index (κ1) is 21.0. The van der Waals surface area contributed by atoms with Crippen LogP contribution in [-0.2, 0) is 0 Å². The molecule has 1 aromatic heterocycles. The Morgan fingerprint density at radius 3 is 2.52 bits per heavy atom. The van der Waals surface area contributed by atoms with Crippen molar-refractivity contribution in [2.75, 3.05) is 13.7 Å². The maximum Gasteiger partial charge on any atom is 0.288 e. The molecule has 0 spiro atoms. The molecule has 1 aliphatic rings. The molecule has 0 radical (unpaired) electrons. The monoisotopic (exact) mass is 421 g/mol. The van der Waals surface area contributed by atoms with Crippen molar-refractivity contribution in [2.24, 2.45) is 5.92 Å². The molecule has 1 atom stereocenters. The zero-order chi connectivity index (χ0) is 22.3. The second-order valence-electron chi connectivity index (χ2n) is 8.45. The highest BCUT2D eigenvalue weighted by molar-refractivity contribution is 5.99. The predicted molar refractivity (Wildman–Crippen MR) is 119 cm³/mol. The van der Waals surface area contributed by atoms with E-state index in [-0.39, 0.29) is 11.2 Å². The highest BCUT2D eigenvalue weighted by Crippen LogP contribution is 2.36. The third-order valence-corrected chi connectivity index (χ3v) is 5.79. The van der Waals surface area contributed by atoms with Gasteiger partial charge >= 0.3 is 0 Å². The highest BCUT2D eigenvalue weighted by Gasteiger charge is 2.36. The maximum absolute atomic E-state index is 13.3. The largest absolute Gasteiger partial charge is 0.493 e. The van der Waals surface area contributed by atoms with Crippen LogP contribution < -0.4 is 20.2 Å². The smallest absolute Gasteiger partial charge is 0.288 e. The summed E-state index contributed by atoms with van der Waals surface area (Å²) in [5.74, 6) is 1.40. The van der Waals surface area contributed by atoms with Gasteiger partial charge in [0.05, 0.1) is 30.7 Å². The number of rotatable bonds is 6. The number of amides is 1. The molecule has 3 aromatic rings. The minimum absolute atomic E-state index is 0.0713. The topological polar surface area (TPSA) is 77.8 Å². The number of methoxy groups -OCH3 is 1. The van der Waals surface area contributed by atoms with Crippen molar-refractivity contribution >= 4 is 16.9 Å². The Labute approximate surface area is 181 Å². The molecule has 0 bridgehead atoms. The molecule has 1 unspecified atom stereocenters. The molecule has 31 heavy (non-hydrogen) atoms.